The maximum absolute atomic E-state index is 12.8. The fraction of sp³-hybridized carbons (Fsp3) is 0.242. The second-order valence-electron chi connectivity index (χ2n) is 9.65. The van der Waals surface area contributed by atoms with Gasteiger partial charge in [0.2, 0.25) is 0 Å². The van der Waals surface area contributed by atoms with Crippen LogP contribution in [-0.2, 0) is 25.7 Å². The number of nitrogens with zero attached hydrogens (tertiary/aromatic N) is 1. The quantitative estimate of drug-likeness (QED) is 0.108. The Labute approximate surface area is 266 Å². The predicted molar refractivity (Wildman–Crippen MR) is 172 cm³/mol. The zero-order valence-corrected chi connectivity index (χ0v) is 25.9. The molecular formula is C33H34N4O7S. The van der Waals surface area contributed by atoms with Crippen LogP contribution in [0.15, 0.2) is 89.2 Å². The first-order chi connectivity index (χ1) is 21.8. The largest absolute Gasteiger partial charge is 0.488 e. The SMILES string of the molecule is CCOC(=O)C1=C(C)NC(=S)N[C@@H]1c1ccccc1OCC(=O)NN=Cc1ccccc1OCc1ccc(C(=O)OCC)cc1. The Balaban J connectivity index is 1.36. The van der Waals surface area contributed by atoms with E-state index in [0.717, 1.165) is 5.56 Å². The third-order valence-corrected chi connectivity index (χ3v) is 6.74. The fourth-order valence-electron chi connectivity index (χ4n) is 4.44. The summed E-state index contributed by atoms with van der Waals surface area (Å²) in [6.45, 7) is 5.69. The van der Waals surface area contributed by atoms with Gasteiger partial charge in [-0.25, -0.2) is 15.0 Å². The van der Waals surface area contributed by atoms with Crippen molar-refractivity contribution in [2.75, 3.05) is 19.8 Å². The van der Waals surface area contributed by atoms with Gasteiger partial charge in [-0.1, -0.05) is 42.5 Å². The highest BCUT2D eigenvalue weighted by molar-refractivity contribution is 7.80. The maximum atomic E-state index is 12.8. The molecule has 0 aromatic heterocycles. The van der Waals surface area contributed by atoms with Gasteiger partial charge in [0.1, 0.15) is 18.1 Å². The molecule has 11 nitrogen and oxygen atoms in total. The lowest BCUT2D eigenvalue weighted by Gasteiger charge is -2.30. The van der Waals surface area contributed by atoms with Crippen molar-refractivity contribution in [1.82, 2.24) is 16.1 Å². The first kappa shape index (κ1) is 32.7. The third kappa shape index (κ3) is 8.89. The molecule has 12 heteroatoms. The molecule has 1 atom stereocenters. The van der Waals surface area contributed by atoms with Crippen LogP contribution < -0.4 is 25.5 Å². The summed E-state index contributed by atoms with van der Waals surface area (Å²) in [6, 6.07) is 20.6. The average molecular weight is 631 g/mol. The van der Waals surface area contributed by atoms with Crippen LogP contribution in [0.25, 0.3) is 0 Å². The highest BCUT2D eigenvalue weighted by atomic mass is 32.1. The number of benzene rings is 3. The number of hydrogen-bond acceptors (Lipinski definition) is 9. The van der Waals surface area contributed by atoms with Gasteiger partial charge in [0, 0.05) is 16.8 Å². The topological polar surface area (TPSA) is 137 Å². The van der Waals surface area contributed by atoms with E-state index in [1.165, 1.54) is 6.21 Å². The molecule has 3 aromatic carbocycles. The lowest BCUT2D eigenvalue weighted by atomic mass is 9.95. The van der Waals surface area contributed by atoms with E-state index in [-0.39, 0.29) is 25.8 Å². The standard InChI is InChI=1S/C33H34N4O7S/c1-4-41-31(39)23-16-14-22(15-17-23)19-43-26-12-8-6-10-24(26)18-34-37-28(38)20-44-27-13-9-7-11-25(27)30-29(32(40)42-5-2)21(3)35-33(45)36-30/h6-18,30H,4-5,19-20H2,1-3H3,(H,37,38)(H2,35,36,45)/t30-/m1/s1. The molecule has 3 aromatic rings. The summed E-state index contributed by atoms with van der Waals surface area (Å²) in [5, 5.41) is 10.5. The van der Waals surface area contributed by atoms with Crippen molar-refractivity contribution in [1.29, 1.82) is 0 Å². The summed E-state index contributed by atoms with van der Waals surface area (Å²) in [7, 11) is 0. The molecule has 0 aliphatic carbocycles. The summed E-state index contributed by atoms with van der Waals surface area (Å²) < 4.78 is 22.1. The van der Waals surface area contributed by atoms with Crippen molar-refractivity contribution in [3.63, 3.8) is 0 Å². The van der Waals surface area contributed by atoms with Crippen molar-refractivity contribution in [3.8, 4) is 11.5 Å². The number of amides is 1. The molecule has 4 rings (SSSR count). The fourth-order valence-corrected chi connectivity index (χ4v) is 4.71. The van der Waals surface area contributed by atoms with Crippen molar-refractivity contribution in [2.24, 2.45) is 5.10 Å². The Morgan fingerprint density at radius 1 is 0.889 bits per heavy atom. The van der Waals surface area contributed by atoms with Crippen LogP contribution in [0.5, 0.6) is 11.5 Å². The van der Waals surface area contributed by atoms with Gasteiger partial charge in [-0.15, -0.1) is 0 Å². The number of allylic oxidation sites excluding steroid dienone is 1. The zero-order chi connectivity index (χ0) is 32.2. The minimum absolute atomic E-state index is 0.217. The van der Waals surface area contributed by atoms with Crippen LogP contribution in [-0.4, -0.2) is 49.0 Å². The lowest BCUT2D eigenvalue weighted by Crippen LogP contribution is -2.45. The Morgan fingerprint density at radius 2 is 1.56 bits per heavy atom. The Hall–Kier alpha value is -5.23. The van der Waals surface area contributed by atoms with Gasteiger partial charge in [0.25, 0.3) is 5.91 Å². The van der Waals surface area contributed by atoms with E-state index in [0.29, 0.717) is 51.2 Å². The molecule has 1 amide bonds. The molecule has 0 radical (unpaired) electrons. The normalized spacial score (nSPS) is 14.3. The number of esters is 2. The van der Waals surface area contributed by atoms with Crippen LogP contribution in [0.4, 0.5) is 0 Å². The molecule has 0 saturated carbocycles. The number of ether oxygens (including phenoxy) is 4. The van der Waals surface area contributed by atoms with Crippen LogP contribution in [0.1, 0.15) is 53.9 Å². The molecule has 0 fully saturated rings. The zero-order valence-electron chi connectivity index (χ0n) is 25.1. The van der Waals surface area contributed by atoms with Gasteiger partial charge < -0.3 is 29.6 Å². The summed E-state index contributed by atoms with van der Waals surface area (Å²) in [6.07, 6.45) is 1.48. The minimum Gasteiger partial charge on any atom is -0.488 e. The van der Waals surface area contributed by atoms with E-state index in [4.69, 9.17) is 31.2 Å². The first-order valence-corrected chi connectivity index (χ1v) is 14.7. The van der Waals surface area contributed by atoms with E-state index >= 15 is 0 Å². The summed E-state index contributed by atoms with van der Waals surface area (Å²) in [5.74, 6) is -0.402. The summed E-state index contributed by atoms with van der Waals surface area (Å²) >= 11 is 5.32. The second-order valence-corrected chi connectivity index (χ2v) is 10.1. The van der Waals surface area contributed by atoms with Crippen LogP contribution in [0.2, 0.25) is 0 Å². The Morgan fingerprint density at radius 3 is 2.29 bits per heavy atom. The van der Waals surface area contributed by atoms with E-state index in [9.17, 15) is 14.4 Å². The van der Waals surface area contributed by atoms with Crippen molar-refractivity contribution < 1.29 is 33.3 Å². The number of hydrazone groups is 1. The molecule has 0 unspecified atom stereocenters. The monoisotopic (exact) mass is 630 g/mol. The number of thiocarbonyl (C=S) groups is 1. The molecular weight excluding hydrogens is 596 g/mol. The molecule has 1 aliphatic rings. The van der Waals surface area contributed by atoms with E-state index < -0.39 is 17.9 Å². The molecule has 234 valence electrons. The van der Waals surface area contributed by atoms with Gasteiger partial charge in [-0.05, 0) is 68.9 Å². The Bertz CT molecular complexity index is 1600. The maximum Gasteiger partial charge on any atom is 0.338 e. The van der Waals surface area contributed by atoms with Gasteiger partial charge in [-0.2, -0.15) is 5.10 Å². The van der Waals surface area contributed by atoms with Crippen LogP contribution >= 0.6 is 12.2 Å². The third-order valence-electron chi connectivity index (χ3n) is 6.52. The number of carbonyl (C=O) groups is 3. The van der Waals surface area contributed by atoms with Gasteiger partial charge in [0.05, 0.1) is 36.6 Å². The second kappa shape index (κ2) is 16.0. The van der Waals surface area contributed by atoms with E-state index in [2.05, 4.69) is 21.2 Å². The smallest absolute Gasteiger partial charge is 0.338 e. The molecule has 3 N–H and O–H groups in total. The highest BCUT2D eigenvalue weighted by Crippen LogP contribution is 2.33. The number of hydrogen-bond donors (Lipinski definition) is 3. The molecule has 0 spiro atoms. The van der Waals surface area contributed by atoms with Crippen molar-refractivity contribution in [3.05, 3.63) is 106 Å². The molecule has 0 bridgehead atoms. The highest BCUT2D eigenvalue weighted by Gasteiger charge is 2.32. The number of rotatable bonds is 13. The number of para-hydroxylation sites is 2. The summed E-state index contributed by atoms with van der Waals surface area (Å²) in [5.41, 5.74) is 5.99. The lowest BCUT2D eigenvalue weighted by molar-refractivity contribution is -0.139. The first-order valence-electron chi connectivity index (χ1n) is 14.3. The van der Waals surface area contributed by atoms with Crippen molar-refractivity contribution in [2.45, 2.75) is 33.4 Å². The minimum atomic E-state index is -0.637. The molecule has 0 saturated heterocycles. The Kier molecular flexibility index (Phi) is 11.6. The van der Waals surface area contributed by atoms with Crippen LogP contribution in [0, 0.1) is 0 Å². The van der Waals surface area contributed by atoms with Crippen molar-refractivity contribution >= 4 is 41.4 Å². The van der Waals surface area contributed by atoms with Gasteiger partial charge in [0.15, 0.2) is 11.7 Å². The van der Waals surface area contributed by atoms with E-state index in [1.807, 2.05) is 12.1 Å². The molecule has 1 aliphatic heterocycles. The molecule has 45 heavy (non-hydrogen) atoms. The van der Waals surface area contributed by atoms with Gasteiger partial charge in [-0.3, -0.25) is 4.79 Å². The number of carbonyl (C=O) groups excluding carboxylic acids is 3. The summed E-state index contributed by atoms with van der Waals surface area (Å²) in [4.78, 5) is 37.2. The predicted octanol–water partition coefficient (Wildman–Crippen LogP) is 4.33. The van der Waals surface area contributed by atoms with E-state index in [1.54, 1.807) is 81.4 Å². The van der Waals surface area contributed by atoms with Gasteiger partial charge >= 0.3 is 11.9 Å². The average Bonchev–Trinajstić information content (AvgIpc) is 3.03. The van der Waals surface area contributed by atoms with Crippen LogP contribution in [0.3, 0.4) is 0 Å². The molecule has 1 heterocycles. The number of nitrogens with one attached hydrogen (secondary N) is 3.